The molecule has 106 valence electrons. The highest BCUT2D eigenvalue weighted by atomic mass is 16.5. The lowest BCUT2D eigenvalue weighted by Crippen LogP contribution is -2.22. The number of rotatable bonds is 9. The third-order valence-electron chi connectivity index (χ3n) is 3.73. The van der Waals surface area contributed by atoms with Gasteiger partial charge < -0.3 is 10.1 Å². The third kappa shape index (κ3) is 7.70. The van der Waals surface area contributed by atoms with Crippen LogP contribution in [-0.4, -0.2) is 25.7 Å². The second kappa shape index (κ2) is 10.4. The molecule has 0 bridgehead atoms. The van der Waals surface area contributed by atoms with Crippen molar-refractivity contribution in [3.05, 3.63) is 0 Å². The Labute approximate surface area is 112 Å². The SMILES string of the molecule is CCCCNCCOC(=O)CCC1CCCCC1. The fourth-order valence-electron chi connectivity index (χ4n) is 2.53. The van der Waals surface area contributed by atoms with Gasteiger partial charge in [0.05, 0.1) is 0 Å². The Bertz CT molecular complexity index is 213. The normalized spacial score (nSPS) is 16.7. The van der Waals surface area contributed by atoms with E-state index in [4.69, 9.17) is 4.74 Å². The summed E-state index contributed by atoms with van der Waals surface area (Å²) in [5.41, 5.74) is 0. The van der Waals surface area contributed by atoms with E-state index in [2.05, 4.69) is 12.2 Å². The van der Waals surface area contributed by atoms with E-state index in [1.807, 2.05) is 0 Å². The van der Waals surface area contributed by atoms with Crippen LogP contribution in [-0.2, 0) is 9.53 Å². The van der Waals surface area contributed by atoms with E-state index in [9.17, 15) is 4.79 Å². The summed E-state index contributed by atoms with van der Waals surface area (Å²) in [6, 6.07) is 0. The van der Waals surface area contributed by atoms with Crippen molar-refractivity contribution in [2.45, 2.75) is 64.7 Å². The van der Waals surface area contributed by atoms with Gasteiger partial charge in [0.25, 0.3) is 0 Å². The molecule has 1 aliphatic carbocycles. The molecule has 3 nitrogen and oxygen atoms in total. The molecule has 1 aliphatic rings. The van der Waals surface area contributed by atoms with Gasteiger partial charge >= 0.3 is 5.97 Å². The van der Waals surface area contributed by atoms with Gasteiger partial charge in [-0.25, -0.2) is 0 Å². The van der Waals surface area contributed by atoms with Crippen LogP contribution in [0.25, 0.3) is 0 Å². The first-order valence-corrected chi connectivity index (χ1v) is 7.69. The van der Waals surface area contributed by atoms with Gasteiger partial charge in [0.1, 0.15) is 6.61 Å². The molecule has 0 heterocycles. The zero-order valence-electron chi connectivity index (χ0n) is 11.9. The molecule has 0 atom stereocenters. The summed E-state index contributed by atoms with van der Waals surface area (Å²) in [7, 11) is 0. The highest BCUT2D eigenvalue weighted by Gasteiger charge is 2.15. The smallest absolute Gasteiger partial charge is 0.305 e. The molecular weight excluding hydrogens is 226 g/mol. The van der Waals surface area contributed by atoms with Crippen LogP contribution in [0.4, 0.5) is 0 Å². The van der Waals surface area contributed by atoms with E-state index >= 15 is 0 Å². The molecule has 0 radical (unpaired) electrons. The average molecular weight is 255 g/mol. The van der Waals surface area contributed by atoms with E-state index < -0.39 is 0 Å². The summed E-state index contributed by atoms with van der Waals surface area (Å²) in [6.07, 6.45) is 10.7. The zero-order valence-corrected chi connectivity index (χ0v) is 11.9. The summed E-state index contributed by atoms with van der Waals surface area (Å²) >= 11 is 0. The molecule has 0 amide bonds. The summed E-state index contributed by atoms with van der Waals surface area (Å²) in [6.45, 7) is 4.51. The van der Waals surface area contributed by atoms with E-state index in [1.54, 1.807) is 0 Å². The molecule has 1 rings (SSSR count). The first kappa shape index (κ1) is 15.5. The Morgan fingerprint density at radius 3 is 2.72 bits per heavy atom. The predicted octanol–water partition coefficient (Wildman–Crippen LogP) is 3.28. The number of unbranched alkanes of at least 4 members (excludes halogenated alkanes) is 1. The Morgan fingerprint density at radius 2 is 2.00 bits per heavy atom. The molecule has 0 aromatic rings. The molecule has 1 saturated carbocycles. The number of nitrogens with one attached hydrogen (secondary N) is 1. The van der Waals surface area contributed by atoms with Crippen molar-refractivity contribution < 1.29 is 9.53 Å². The quantitative estimate of drug-likeness (QED) is 0.507. The average Bonchev–Trinajstić information content (AvgIpc) is 2.41. The minimum atomic E-state index is -0.0159. The monoisotopic (exact) mass is 255 g/mol. The van der Waals surface area contributed by atoms with Gasteiger partial charge in [-0.05, 0) is 25.3 Å². The standard InChI is InChI=1S/C15H29NO2/c1-2-3-11-16-12-13-18-15(17)10-9-14-7-5-4-6-8-14/h14,16H,2-13H2,1H3. The second-order valence-electron chi connectivity index (χ2n) is 5.37. The zero-order chi connectivity index (χ0) is 13.1. The van der Waals surface area contributed by atoms with Crippen LogP contribution in [0.1, 0.15) is 64.7 Å². The van der Waals surface area contributed by atoms with E-state index in [0.717, 1.165) is 25.4 Å². The predicted molar refractivity (Wildman–Crippen MR) is 74.5 cm³/mol. The van der Waals surface area contributed by atoms with Crippen LogP contribution in [0.2, 0.25) is 0 Å². The Kier molecular flexibility index (Phi) is 8.92. The van der Waals surface area contributed by atoms with Crippen molar-refractivity contribution in [3.8, 4) is 0 Å². The maximum atomic E-state index is 11.5. The van der Waals surface area contributed by atoms with Crippen LogP contribution in [0.15, 0.2) is 0 Å². The molecule has 0 saturated heterocycles. The lowest BCUT2D eigenvalue weighted by molar-refractivity contribution is -0.143. The number of carbonyl (C=O) groups excluding carboxylic acids is 1. The number of hydrogen-bond acceptors (Lipinski definition) is 3. The number of ether oxygens (including phenoxy) is 1. The number of carbonyl (C=O) groups is 1. The number of esters is 1. The highest BCUT2D eigenvalue weighted by molar-refractivity contribution is 5.69. The number of hydrogen-bond donors (Lipinski definition) is 1. The van der Waals surface area contributed by atoms with Crippen LogP contribution in [0.5, 0.6) is 0 Å². The molecule has 0 spiro atoms. The fraction of sp³-hybridized carbons (Fsp3) is 0.933. The van der Waals surface area contributed by atoms with Crippen LogP contribution >= 0.6 is 0 Å². The molecule has 1 fully saturated rings. The lowest BCUT2D eigenvalue weighted by atomic mass is 9.86. The molecule has 0 unspecified atom stereocenters. The molecule has 0 aromatic heterocycles. The van der Waals surface area contributed by atoms with Crippen molar-refractivity contribution in [2.75, 3.05) is 19.7 Å². The van der Waals surface area contributed by atoms with Gasteiger partial charge in [-0.2, -0.15) is 0 Å². The Hall–Kier alpha value is -0.570. The van der Waals surface area contributed by atoms with E-state index in [-0.39, 0.29) is 5.97 Å². The van der Waals surface area contributed by atoms with Crippen molar-refractivity contribution in [3.63, 3.8) is 0 Å². The molecule has 0 aromatic carbocycles. The maximum absolute atomic E-state index is 11.5. The summed E-state index contributed by atoms with van der Waals surface area (Å²) in [5.74, 6) is 0.756. The van der Waals surface area contributed by atoms with Crippen molar-refractivity contribution in [2.24, 2.45) is 5.92 Å². The van der Waals surface area contributed by atoms with Crippen molar-refractivity contribution in [1.29, 1.82) is 0 Å². The Balaban J connectivity index is 1.90. The fourth-order valence-corrected chi connectivity index (χ4v) is 2.53. The molecule has 18 heavy (non-hydrogen) atoms. The minimum absolute atomic E-state index is 0.0159. The first-order valence-electron chi connectivity index (χ1n) is 7.69. The van der Waals surface area contributed by atoms with Crippen LogP contribution < -0.4 is 5.32 Å². The largest absolute Gasteiger partial charge is 0.464 e. The van der Waals surface area contributed by atoms with Gasteiger partial charge in [0.2, 0.25) is 0 Å². The molecular formula is C15H29NO2. The topological polar surface area (TPSA) is 38.3 Å². The van der Waals surface area contributed by atoms with Crippen LogP contribution in [0, 0.1) is 5.92 Å². The Morgan fingerprint density at radius 1 is 1.22 bits per heavy atom. The van der Waals surface area contributed by atoms with E-state index in [1.165, 1.54) is 44.9 Å². The van der Waals surface area contributed by atoms with Gasteiger partial charge in [-0.15, -0.1) is 0 Å². The van der Waals surface area contributed by atoms with E-state index in [0.29, 0.717) is 13.0 Å². The molecule has 1 N–H and O–H groups in total. The van der Waals surface area contributed by atoms with Gasteiger partial charge in [-0.3, -0.25) is 4.79 Å². The third-order valence-corrected chi connectivity index (χ3v) is 3.73. The molecule has 3 heteroatoms. The van der Waals surface area contributed by atoms with Crippen LogP contribution in [0.3, 0.4) is 0 Å². The van der Waals surface area contributed by atoms with Crippen molar-refractivity contribution >= 4 is 5.97 Å². The summed E-state index contributed by atoms with van der Waals surface area (Å²) < 4.78 is 5.21. The maximum Gasteiger partial charge on any atom is 0.305 e. The minimum Gasteiger partial charge on any atom is -0.464 e. The second-order valence-corrected chi connectivity index (χ2v) is 5.37. The van der Waals surface area contributed by atoms with Crippen molar-refractivity contribution in [1.82, 2.24) is 5.32 Å². The highest BCUT2D eigenvalue weighted by Crippen LogP contribution is 2.27. The first-order chi connectivity index (χ1) is 8.83. The van der Waals surface area contributed by atoms with Gasteiger partial charge in [-0.1, -0.05) is 45.4 Å². The van der Waals surface area contributed by atoms with Gasteiger partial charge in [0.15, 0.2) is 0 Å². The summed E-state index contributed by atoms with van der Waals surface area (Å²) in [4.78, 5) is 11.5. The molecule has 0 aliphatic heterocycles. The summed E-state index contributed by atoms with van der Waals surface area (Å²) in [5, 5.41) is 3.27. The lowest BCUT2D eigenvalue weighted by Gasteiger charge is -2.20. The van der Waals surface area contributed by atoms with Gasteiger partial charge in [0, 0.05) is 13.0 Å².